The number of hydrogen-bond donors (Lipinski definition) is 1. The zero-order valence-corrected chi connectivity index (χ0v) is 10.3. The van der Waals surface area contributed by atoms with E-state index in [1.165, 1.54) is 5.56 Å². The van der Waals surface area contributed by atoms with Crippen molar-refractivity contribution in [1.29, 1.82) is 0 Å². The second-order valence-corrected chi connectivity index (χ2v) is 4.23. The van der Waals surface area contributed by atoms with Gasteiger partial charge in [-0.15, -0.1) is 0 Å². The van der Waals surface area contributed by atoms with Gasteiger partial charge in [-0.25, -0.2) is 4.98 Å². The Bertz CT molecular complexity index is 490. The van der Waals surface area contributed by atoms with Gasteiger partial charge in [-0.05, 0) is 25.0 Å². The lowest BCUT2D eigenvalue weighted by Crippen LogP contribution is -2.15. The van der Waals surface area contributed by atoms with Crippen LogP contribution < -0.4 is 5.73 Å². The molecule has 2 heterocycles. The quantitative estimate of drug-likeness (QED) is 0.874. The summed E-state index contributed by atoms with van der Waals surface area (Å²) in [6, 6.07) is 4.06. The van der Waals surface area contributed by atoms with Crippen LogP contribution in [-0.4, -0.2) is 14.5 Å². The Morgan fingerprint density at radius 2 is 2.29 bits per heavy atom. The fraction of sp³-hybridized carbons (Fsp3) is 0.385. The molecule has 0 radical (unpaired) electrons. The van der Waals surface area contributed by atoms with Crippen molar-refractivity contribution in [2.45, 2.75) is 32.9 Å². The molecule has 0 aliphatic heterocycles. The Morgan fingerprint density at radius 1 is 1.47 bits per heavy atom. The van der Waals surface area contributed by atoms with E-state index >= 15 is 0 Å². The minimum Gasteiger partial charge on any atom is -0.327 e. The van der Waals surface area contributed by atoms with Crippen LogP contribution in [0.1, 0.15) is 36.3 Å². The molecule has 2 rings (SSSR count). The minimum absolute atomic E-state index is 0.0431. The molecule has 0 aliphatic carbocycles. The first-order valence-electron chi connectivity index (χ1n) is 5.88. The van der Waals surface area contributed by atoms with Crippen LogP contribution in [-0.2, 0) is 6.54 Å². The normalized spacial score (nSPS) is 12.6. The topological polar surface area (TPSA) is 56.7 Å². The highest BCUT2D eigenvalue weighted by Gasteiger charge is 2.10. The molecule has 0 aromatic carbocycles. The molecule has 4 heteroatoms. The second kappa shape index (κ2) is 5.10. The first-order valence-corrected chi connectivity index (χ1v) is 5.88. The molecule has 0 bridgehead atoms. The molecule has 1 atom stereocenters. The average molecular weight is 230 g/mol. The smallest absolute Gasteiger partial charge is 0.0952 e. The molecule has 90 valence electrons. The third kappa shape index (κ3) is 2.53. The average Bonchev–Trinajstić information content (AvgIpc) is 2.79. The van der Waals surface area contributed by atoms with Crippen molar-refractivity contribution in [2.75, 3.05) is 0 Å². The van der Waals surface area contributed by atoms with E-state index in [-0.39, 0.29) is 6.04 Å². The molecular weight excluding hydrogens is 212 g/mol. The highest BCUT2D eigenvalue weighted by atomic mass is 15.1. The molecule has 0 saturated heterocycles. The summed E-state index contributed by atoms with van der Waals surface area (Å²) in [5.74, 6) is 0. The standard InChI is InChI=1S/C13H18N4/c1-3-11(14)13-7-15-9-17(13)8-12-10(2)5-4-6-16-12/h4-7,9,11H,3,8,14H2,1-2H3/t11-/m1/s1. The number of nitrogens with two attached hydrogens (primary N) is 1. The maximum atomic E-state index is 6.05. The summed E-state index contributed by atoms with van der Waals surface area (Å²) in [6.07, 6.45) is 6.39. The molecule has 2 aromatic heterocycles. The summed E-state index contributed by atoms with van der Waals surface area (Å²) in [5.41, 5.74) is 9.37. The number of hydrogen-bond acceptors (Lipinski definition) is 3. The third-order valence-electron chi connectivity index (χ3n) is 3.00. The van der Waals surface area contributed by atoms with Crippen LogP contribution in [0.2, 0.25) is 0 Å². The van der Waals surface area contributed by atoms with Crippen LogP contribution in [0.3, 0.4) is 0 Å². The maximum absolute atomic E-state index is 6.05. The highest BCUT2D eigenvalue weighted by Crippen LogP contribution is 2.15. The van der Waals surface area contributed by atoms with Crippen molar-refractivity contribution in [2.24, 2.45) is 5.73 Å². The molecule has 0 fully saturated rings. The molecule has 17 heavy (non-hydrogen) atoms. The summed E-state index contributed by atoms with van der Waals surface area (Å²) < 4.78 is 2.07. The van der Waals surface area contributed by atoms with E-state index < -0.39 is 0 Å². The van der Waals surface area contributed by atoms with Crippen molar-refractivity contribution in [3.63, 3.8) is 0 Å². The minimum atomic E-state index is 0.0431. The molecule has 4 nitrogen and oxygen atoms in total. The van der Waals surface area contributed by atoms with E-state index in [0.717, 1.165) is 24.4 Å². The van der Waals surface area contributed by atoms with Crippen molar-refractivity contribution in [3.8, 4) is 0 Å². The van der Waals surface area contributed by atoms with E-state index in [4.69, 9.17) is 5.73 Å². The number of pyridine rings is 1. The Morgan fingerprint density at radius 3 is 3.00 bits per heavy atom. The lowest BCUT2D eigenvalue weighted by atomic mass is 10.1. The van der Waals surface area contributed by atoms with Crippen molar-refractivity contribution < 1.29 is 0 Å². The molecule has 0 spiro atoms. The SMILES string of the molecule is CC[C@@H](N)c1cncn1Cc1ncccc1C. The van der Waals surface area contributed by atoms with Gasteiger partial charge in [-0.3, -0.25) is 4.98 Å². The summed E-state index contributed by atoms with van der Waals surface area (Å²) in [5, 5.41) is 0. The zero-order valence-electron chi connectivity index (χ0n) is 10.3. The van der Waals surface area contributed by atoms with Gasteiger partial charge in [-0.1, -0.05) is 13.0 Å². The molecule has 0 aliphatic rings. The van der Waals surface area contributed by atoms with Gasteiger partial charge in [0.15, 0.2) is 0 Å². The largest absolute Gasteiger partial charge is 0.327 e. The predicted molar refractivity (Wildman–Crippen MR) is 67.5 cm³/mol. The van der Waals surface area contributed by atoms with E-state index in [1.54, 1.807) is 0 Å². The van der Waals surface area contributed by atoms with Crippen LogP contribution in [0.25, 0.3) is 0 Å². The van der Waals surface area contributed by atoms with Gasteiger partial charge in [0.2, 0.25) is 0 Å². The number of aryl methyl sites for hydroxylation is 1. The number of aromatic nitrogens is 3. The van der Waals surface area contributed by atoms with Gasteiger partial charge >= 0.3 is 0 Å². The predicted octanol–water partition coefficient (Wildman–Crippen LogP) is 2.04. The summed E-state index contributed by atoms with van der Waals surface area (Å²) in [4.78, 5) is 8.56. The Labute approximate surface area is 102 Å². The first-order chi connectivity index (χ1) is 8.22. The van der Waals surface area contributed by atoms with Gasteiger partial charge in [0, 0.05) is 18.4 Å². The van der Waals surface area contributed by atoms with E-state index in [0.29, 0.717) is 0 Å². The number of rotatable bonds is 4. The number of imidazole rings is 1. The maximum Gasteiger partial charge on any atom is 0.0952 e. The van der Waals surface area contributed by atoms with Crippen LogP contribution in [0, 0.1) is 6.92 Å². The highest BCUT2D eigenvalue weighted by molar-refractivity contribution is 5.19. The fourth-order valence-corrected chi connectivity index (χ4v) is 1.83. The number of nitrogens with zero attached hydrogens (tertiary/aromatic N) is 3. The van der Waals surface area contributed by atoms with Crippen molar-refractivity contribution in [1.82, 2.24) is 14.5 Å². The summed E-state index contributed by atoms with van der Waals surface area (Å²) in [6.45, 7) is 4.88. The molecule has 2 aromatic rings. The van der Waals surface area contributed by atoms with E-state index in [1.807, 2.05) is 24.8 Å². The van der Waals surface area contributed by atoms with Crippen molar-refractivity contribution in [3.05, 3.63) is 47.8 Å². The van der Waals surface area contributed by atoms with Gasteiger partial charge < -0.3 is 10.3 Å². The van der Waals surface area contributed by atoms with Crippen LogP contribution in [0.5, 0.6) is 0 Å². The molecular formula is C13H18N4. The van der Waals surface area contributed by atoms with Crippen LogP contribution in [0.15, 0.2) is 30.9 Å². The molecule has 0 amide bonds. The Hall–Kier alpha value is -1.68. The van der Waals surface area contributed by atoms with Crippen LogP contribution in [0.4, 0.5) is 0 Å². The van der Waals surface area contributed by atoms with Gasteiger partial charge in [0.05, 0.1) is 24.3 Å². The second-order valence-electron chi connectivity index (χ2n) is 4.23. The summed E-state index contributed by atoms with van der Waals surface area (Å²) >= 11 is 0. The fourth-order valence-electron chi connectivity index (χ4n) is 1.83. The zero-order chi connectivity index (χ0) is 12.3. The third-order valence-corrected chi connectivity index (χ3v) is 3.00. The monoisotopic (exact) mass is 230 g/mol. The summed E-state index contributed by atoms with van der Waals surface area (Å²) in [7, 11) is 0. The van der Waals surface area contributed by atoms with Crippen molar-refractivity contribution >= 4 is 0 Å². The van der Waals surface area contributed by atoms with E-state index in [9.17, 15) is 0 Å². The Balaban J connectivity index is 2.25. The van der Waals surface area contributed by atoms with Gasteiger partial charge in [0.1, 0.15) is 0 Å². The molecule has 0 saturated carbocycles. The van der Waals surface area contributed by atoms with Crippen LogP contribution >= 0.6 is 0 Å². The van der Waals surface area contributed by atoms with Gasteiger partial charge in [0.25, 0.3) is 0 Å². The first kappa shape index (κ1) is 11.8. The Kier molecular flexibility index (Phi) is 3.54. The lowest BCUT2D eigenvalue weighted by molar-refractivity contribution is 0.613. The molecule has 0 unspecified atom stereocenters. The van der Waals surface area contributed by atoms with Gasteiger partial charge in [-0.2, -0.15) is 0 Å². The molecule has 2 N–H and O–H groups in total. The lowest BCUT2D eigenvalue weighted by Gasteiger charge is -2.13. The van der Waals surface area contributed by atoms with E-state index in [2.05, 4.69) is 34.4 Å².